The third-order valence-corrected chi connectivity index (χ3v) is 10.3. The average molecular weight is 664 g/mol. The standard InChI is InChI=1S/C47H29N5/c1-2-16-36(17-3-1)51-41-21-11-9-19-39(41)43-42(51)27-26-38-37-18-8-10-20-40(37)52(44(38)43)47-49-45(34-24-22-30-12-4-6-14-32(30)28-34)48-46(50-47)35-25-23-31-13-5-7-15-33(31)29-35/h1-29H. The zero-order chi connectivity index (χ0) is 34.2. The molecular formula is C47H29N5. The highest BCUT2D eigenvalue weighted by Crippen LogP contribution is 2.42. The SMILES string of the molecule is c1ccc(-n2c3ccccc3c3c2ccc2c4ccccc4n(-c4nc(-c5ccc6ccccc6c5)nc(-c5ccc6ccccc6c5)n4)c23)cc1. The van der Waals surface area contributed by atoms with Gasteiger partial charge in [-0.2, -0.15) is 9.97 Å². The molecule has 52 heavy (non-hydrogen) atoms. The van der Waals surface area contributed by atoms with Crippen LogP contribution in [0, 0.1) is 0 Å². The fraction of sp³-hybridized carbons (Fsp3) is 0. The molecule has 0 aliphatic carbocycles. The summed E-state index contributed by atoms with van der Waals surface area (Å²) in [5, 5.41) is 9.27. The van der Waals surface area contributed by atoms with Crippen LogP contribution in [0.3, 0.4) is 0 Å². The van der Waals surface area contributed by atoms with Crippen molar-refractivity contribution in [2.45, 2.75) is 0 Å². The molecule has 0 amide bonds. The number of fused-ring (bicyclic) bond motifs is 9. The van der Waals surface area contributed by atoms with Gasteiger partial charge >= 0.3 is 0 Å². The lowest BCUT2D eigenvalue weighted by Crippen LogP contribution is -2.06. The van der Waals surface area contributed by atoms with Crippen LogP contribution >= 0.6 is 0 Å². The Morgan fingerprint density at radius 3 is 1.54 bits per heavy atom. The summed E-state index contributed by atoms with van der Waals surface area (Å²) >= 11 is 0. The Balaban J connectivity index is 1.27. The summed E-state index contributed by atoms with van der Waals surface area (Å²) < 4.78 is 4.62. The Morgan fingerprint density at radius 1 is 0.346 bits per heavy atom. The number of aromatic nitrogens is 5. The maximum absolute atomic E-state index is 5.33. The van der Waals surface area contributed by atoms with E-state index < -0.39 is 0 Å². The van der Waals surface area contributed by atoms with Crippen molar-refractivity contribution >= 4 is 65.2 Å². The monoisotopic (exact) mass is 663 g/mol. The minimum atomic E-state index is 0.580. The molecule has 5 nitrogen and oxygen atoms in total. The topological polar surface area (TPSA) is 48.5 Å². The van der Waals surface area contributed by atoms with Crippen molar-refractivity contribution in [2.24, 2.45) is 0 Å². The van der Waals surface area contributed by atoms with Gasteiger partial charge in [-0.1, -0.05) is 133 Å². The van der Waals surface area contributed by atoms with E-state index in [1.807, 2.05) is 0 Å². The summed E-state index contributed by atoms with van der Waals surface area (Å²) in [7, 11) is 0. The molecule has 0 saturated heterocycles. The van der Waals surface area contributed by atoms with Gasteiger partial charge in [-0.3, -0.25) is 4.57 Å². The highest BCUT2D eigenvalue weighted by atomic mass is 15.2. The zero-order valence-corrected chi connectivity index (χ0v) is 28.0. The van der Waals surface area contributed by atoms with E-state index in [9.17, 15) is 0 Å². The van der Waals surface area contributed by atoms with Crippen LogP contribution in [0.2, 0.25) is 0 Å². The maximum Gasteiger partial charge on any atom is 0.238 e. The first-order valence-corrected chi connectivity index (χ1v) is 17.5. The third kappa shape index (κ3) is 4.33. The highest BCUT2D eigenvalue weighted by Gasteiger charge is 2.23. The molecule has 0 aliphatic rings. The fourth-order valence-corrected chi connectivity index (χ4v) is 7.95. The van der Waals surface area contributed by atoms with Crippen molar-refractivity contribution < 1.29 is 0 Å². The lowest BCUT2D eigenvalue weighted by atomic mass is 10.1. The number of benzene rings is 8. The summed E-state index contributed by atoms with van der Waals surface area (Å²) in [5.74, 6) is 1.84. The van der Waals surface area contributed by atoms with E-state index in [4.69, 9.17) is 15.0 Å². The Kier molecular flexibility index (Phi) is 6.18. The van der Waals surface area contributed by atoms with Gasteiger partial charge in [-0.15, -0.1) is 0 Å². The predicted octanol–water partition coefficient (Wildman–Crippen LogP) is 11.7. The van der Waals surface area contributed by atoms with Gasteiger partial charge in [0, 0.05) is 38.4 Å². The lowest BCUT2D eigenvalue weighted by molar-refractivity contribution is 0.955. The molecule has 0 unspecified atom stereocenters. The molecular weight excluding hydrogens is 635 g/mol. The molecule has 0 atom stereocenters. The Bertz CT molecular complexity index is 3090. The average Bonchev–Trinajstić information content (AvgIpc) is 3.74. The van der Waals surface area contributed by atoms with E-state index in [1.165, 1.54) is 16.2 Å². The van der Waals surface area contributed by atoms with E-state index in [0.29, 0.717) is 17.6 Å². The van der Waals surface area contributed by atoms with E-state index in [-0.39, 0.29) is 0 Å². The van der Waals surface area contributed by atoms with Crippen LogP contribution in [0.5, 0.6) is 0 Å². The van der Waals surface area contributed by atoms with Gasteiger partial charge in [-0.05, 0) is 64.0 Å². The number of nitrogens with zero attached hydrogens (tertiary/aromatic N) is 5. The summed E-state index contributed by atoms with van der Waals surface area (Å²) in [6.07, 6.45) is 0. The van der Waals surface area contributed by atoms with Gasteiger partial charge in [-0.25, -0.2) is 4.98 Å². The number of rotatable bonds is 4. The molecule has 5 heteroatoms. The number of hydrogen-bond donors (Lipinski definition) is 0. The fourth-order valence-electron chi connectivity index (χ4n) is 7.95. The van der Waals surface area contributed by atoms with Gasteiger partial charge in [0.2, 0.25) is 5.95 Å². The molecule has 0 fully saturated rings. The molecule has 0 radical (unpaired) electrons. The van der Waals surface area contributed by atoms with Gasteiger partial charge < -0.3 is 4.57 Å². The molecule has 11 aromatic rings. The maximum atomic E-state index is 5.33. The first-order chi connectivity index (χ1) is 25.8. The minimum absolute atomic E-state index is 0.580. The first kappa shape index (κ1) is 28.7. The Labute approximate surface area is 298 Å². The van der Waals surface area contributed by atoms with E-state index >= 15 is 0 Å². The summed E-state index contributed by atoms with van der Waals surface area (Å²) in [4.78, 5) is 15.8. The zero-order valence-electron chi connectivity index (χ0n) is 28.0. The van der Waals surface area contributed by atoms with Crippen LogP contribution in [0.25, 0.3) is 99.6 Å². The van der Waals surface area contributed by atoms with Gasteiger partial charge in [0.05, 0.1) is 22.1 Å². The van der Waals surface area contributed by atoms with Crippen molar-refractivity contribution in [3.63, 3.8) is 0 Å². The Hall–Kier alpha value is -7.11. The molecule has 11 rings (SSSR count). The third-order valence-electron chi connectivity index (χ3n) is 10.3. The van der Waals surface area contributed by atoms with Crippen LogP contribution in [-0.2, 0) is 0 Å². The van der Waals surface area contributed by atoms with Gasteiger partial charge in [0.1, 0.15) is 0 Å². The number of hydrogen-bond acceptors (Lipinski definition) is 3. The van der Waals surface area contributed by atoms with Crippen LogP contribution in [0.4, 0.5) is 0 Å². The normalized spacial score (nSPS) is 11.8. The Morgan fingerprint density at radius 2 is 0.885 bits per heavy atom. The quantitative estimate of drug-likeness (QED) is 0.188. The summed E-state index contributed by atoms with van der Waals surface area (Å²) in [5.41, 5.74) is 7.39. The molecule has 242 valence electrons. The second kappa shape index (κ2) is 11.2. The van der Waals surface area contributed by atoms with Crippen molar-refractivity contribution in [1.29, 1.82) is 0 Å². The lowest BCUT2D eigenvalue weighted by Gasteiger charge is -2.12. The highest BCUT2D eigenvalue weighted by molar-refractivity contribution is 6.26. The first-order valence-electron chi connectivity index (χ1n) is 17.5. The number of para-hydroxylation sites is 3. The van der Waals surface area contributed by atoms with Crippen molar-refractivity contribution in [3.05, 3.63) is 176 Å². The van der Waals surface area contributed by atoms with E-state index in [1.54, 1.807) is 0 Å². The molecule has 0 bridgehead atoms. The van der Waals surface area contributed by atoms with Crippen LogP contribution < -0.4 is 0 Å². The smallest absolute Gasteiger partial charge is 0.238 e. The van der Waals surface area contributed by atoms with Crippen molar-refractivity contribution in [3.8, 4) is 34.4 Å². The van der Waals surface area contributed by atoms with Gasteiger partial charge in [0.25, 0.3) is 0 Å². The van der Waals surface area contributed by atoms with Crippen LogP contribution in [-0.4, -0.2) is 24.1 Å². The van der Waals surface area contributed by atoms with Crippen LogP contribution in [0.15, 0.2) is 176 Å². The minimum Gasteiger partial charge on any atom is -0.309 e. The predicted molar refractivity (Wildman–Crippen MR) is 214 cm³/mol. The van der Waals surface area contributed by atoms with Gasteiger partial charge in [0.15, 0.2) is 11.6 Å². The second-order valence-electron chi connectivity index (χ2n) is 13.3. The summed E-state index contributed by atoms with van der Waals surface area (Å²) in [6, 6.07) is 62.1. The molecule has 0 saturated carbocycles. The largest absolute Gasteiger partial charge is 0.309 e. The molecule has 3 aromatic heterocycles. The second-order valence-corrected chi connectivity index (χ2v) is 13.3. The molecule has 0 N–H and O–H groups in total. The van der Waals surface area contributed by atoms with Crippen molar-refractivity contribution in [2.75, 3.05) is 0 Å². The van der Waals surface area contributed by atoms with E-state index in [0.717, 1.165) is 65.8 Å². The molecule has 3 heterocycles. The van der Waals surface area contributed by atoms with Crippen LogP contribution in [0.1, 0.15) is 0 Å². The van der Waals surface area contributed by atoms with Crippen molar-refractivity contribution in [1.82, 2.24) is 24.1 Å². The van der Waals surface area contributed by atoms with E-state index in [2.05, 4.69) is 185 Å². The molecule has 8 aromatic carbocycles. The molecule has 0 aliphatic heterocycles. The molecule has 0 spiro atoms. The summed E-state index contributed by atoms with van der Waals surface area (Å²) in [6.45, 7) is 0.